The SMILES string of the molecule is COCCOCCCOc1cc2c(cc1C(=O)O)OCO2. The van der Waals surface area contributed by atoms with Crippen molar-refractivity contribution in [1.82, 2.24) is 0 Å². The summed E-state index contributed by atoms with van der Waals surface area (Å²) in [5.74, 6) is 0.109. The summed E-state index contributed by atoms with van der Waals surface area (Å²) >= 11 is 0. The Balaban J connectivity index is 1.86. The number of carboxylic acids is 1. The molecule has 7 nitrogen and oxygen atoms in total. The smallest absolute Gasteiger partial charge is 0.339 e. The van der Waals surface area contributed by atoms with Gasteiger partial charge in [-0.25, -0.2) is 4.79 Å². The molecular formula is C14H18O7. The van der Waals surface area contributed by atoms with Crippen LogP contribution >= 0.6 is 0 Å². The number of benzene rings is 1. The fourth-order valence-corrected chi connectivity index (χ4v) is 1.80. The van der Waals surface area contributed by atoms with E-state index < -0.39 is 5.97 Å². The van der Waals surface area contributed by atoms with E-state index in [0.29, 0.717) is 44.3 Å². The van der Waals surface area contributed by atoms with E-state index in [4.69, 9.17) is 23.7 Å². The zero-order chi connectivity index (χ0) is 15.1. The lowest BCUT2D eigenvalue weighted by atomic mass is 10.2. The standard InChI is InChI=1S/C14H18O7/c1-17-5-6-18-3-2-4-19-11-8-13-12(20-9-21-13)7-10(11)14(15)16/h7-8H,2-6,9H2,1H3,(H,15,16). The van der Waals surface area contributed by atoms with Crippen LogP contribution in [-0.2, 0) is 9.47 Å². The van der Waals surface area contributed by atoms with Gasteiger partial charge in [0.2, 0.25) is 6.79 Å². The van der Waals surface area contributed by atoms with Gasteiger partial charge in [0.1, 0.15) is 11.3 Å². The van der Waals surface area contributed by atoms with E-state index in [1.165, 1.54) is 12.1 Å². The van der Waals surface area contributed by atoms with Crippen LogP contribution in [0, 0.1) is 0 Å². The fourth-order valence-electron chi connectivity index (χ4n) is 1.80. The molecule has 1 aliphatic heterocycles. The van der Waals surface area contributed by atoms with Crippen LogP contribution < -0.4 is 14.2 Å². The Morgan fingerprint density at radius 3 is 2.67 bits per heavy atom. The van der Waals surface area contributed by atoms with E-state index in [2.05, 4.69) is 0 Å². The highest BCUT2D eigenvalue weighted by Gasteiger charge is 2.21. The minimum absolute atomic E-state index is 0.0551. The fraction of sp³-hybridized carbons (Fsp3) is 0.500. The molecule has 0 saturated heterocycles. The van der Waals surface area contributed by atoms with E-state index in [0.717, 1.165) is 0 Å². The first-order valence-electron chi connectivity index (χ1n) is 6.59. The topological polar surface area (TPSA) is 83.5 Å². The summed E-state index contributed by atoms with van der Waals surface area (Å²) in [5, 5.41) is 9.18. The van der Waals surface area contributed by atoms with Gasteiger partial charge in [0.15, 0.2) is 11.5 Å². The summed E-state index contributed by atoms with van der Waals surface area (Å²) < 4.78 is 26.0. The first-order chi connectivity index (χ1) is 10.2. The third-order valence-corrected chi connectivity index (χ3v) is 2.83. The Bertz CT molecular complexity index is 486. The van der Waals surface area contributed by atoms with Gasteiger partial charge in [0, 0.05) is 32.3 Å². The number of methoxy groups -OCH3 is 1. The lowest BCUT2D eigenvalue weighted by Crippen LogP contribution is -2.08. The number of hydrogen-bond acceptors (Lipinski definition) is 6. The first-order valence-corrected chi connectivity index (χ1v) is 6.59. The molecule has 0 atom stereocenters. The highest BCUT2D eigenvalue weighted by atomic mass is 16.7. The molecule has 2 rings (SSSR count). The molecule has 116 valence electrons. The second-order valence-corrected chi connectivity index (χ2v) is 4.31. The maximum absolute atomic E-state index is 11.2. The molecule has 0 aromatic heterocycles. The Labute approximate surface area is 122 Å². The van der Waals surface area contributed by atoms with Crippen molar-refractivity contribution in [2.75, 3.05) is 40.3 Å². The predicted octanol–water partition coefficient (Wildman–Crippen LogP) is 1.55. The molecule has 1 aliphatic rings. The summed E-state index contributed by atoms with van der Waals surface area (Å²) in [6, 6.07) is 2.95. The molecule has 0 aliphatic carbocycles. The molecule has 21 heavy (non-hydrogen) atoms. The van der Waals surface area contributed by atoms with Crippen molar-refractivity contribution < 1.29 is 33.6 Å². The number of carboxylic acid groups (broad SMARTS) is 1. The van der Waals surface area contributed by atoms with Gasteiger partial charge in [-0.05, 0) is 0 Å². The molecule has 1 heterocycles. The quantitative estimate of drug-likeness (QED) is 0.692. The molecule has 7 heteroatoms. The van der Waals surface area contributed by atoms with Crippen molar-refractivity contribution in [1.29, 1.82) is 0 Å². The number of fused-ring (bicyclic) bond motifs is 1. The molecule has 1 N–H and O–H groups in total. The van der Waals surface area contributed by atoms with Crippen molar-refractivity contribution in [2.45, 2.75) is 6.42 Å². The monoisotopic (exact) mass is 298 g/mol. The van der Waals surface area contributed by atoms with Crippen LogP contribution in [0.4, 0.5) is 0 Å². The summed E-state index contributed by atoms with van der Waals surface area (Å²) in [6.45, 7) is 2.04. The summed E-state index contributed by atoms with van der Waals surface area (Å²) in [6.07, 6.45) is 0.650. The van der Waals surface area contributed by atoms with Crippen LogP contribution in [0.3, 0.4) is 0 Å². The molecule has 0 amide bonds. The third kappa shape index (κ3) is 4.24. The number of rotatable bonds is 9. The molecular weight excluding hydrogens is 280 g/mol. The molecule has 0 unspecified atom stereocenters. The van der Waals surface area contributed by atoms with Gasteiger partial charge in [0.05, 0.1) is 19.8 Å². The van der Waals surface area contributed by atoms with E-state index in [9.17, 15) is 9.90 Å². The molecule has 0 fully saturated rings. The second kappa shape index (κ2) is 7.70. The third-order valence-electron chi connectivity index (χ3n) is 2.83. The maximum Gasteiger partial charge on any atom is 0.339 e. The van der Waals surface area contributed by atoms with Crippen molar-refractivity contribution in [3.05, 3.63) is 17.7 Å². The van der Waals surface area contributed by atoms with E-state index in [1.54, 1.807) is 7.11 Å². The highest BCUT2D eigenvalue weighted by molar-refractivity contribution is 5.92. The normalized spacial score (nSPS) is 12.4. The Hall–Kier alpha value is -1.99. The summed E-state index contributed by atoms with van der Waals surface area (Å²) in [4.78, 5) is 11.2. The minimum atomic E-state index is -1.07. The van der Waals surface area contributed by atoms with Crippen LogP contribution in [-0.4, -0.2) is 51.4 Å². The van der Waals surface area contributed by atoms with Gasteiger partial charge in [-0.2, -0.15) is 0 Å². The predicted molar refractivity (Wildman–Crippen MR) is 72.3 cm³/mol. The average Bonchev–Trinajstić information content (AvgIpc) is 2.92. The van der Waals surface area contributed by atoms with Crippen LogP contribution in [0.1, 0.15) is 16.8 Å². The lowest BCUT2D eigenvalue weighted by molar-refractivity contribution is 0.0637. The van der Waals surface area contributed by atoms with Gasteiger partial charge >= 0.3 is 5.97 Å². The van der Waals surface area contributed by atoms with Crippen molar-refractivity contribution in [3.63, 3.8) is 0 Å². The van der Waals surface area contributed by atoms with Gasteiger partial charge in [-0.15, -0.1) is 0 Å². The maximum atomic E-state index is 11.2. The zero-order valence-corrected chi connectivity index (χ0v) is 11.8. The number of aromatic carboxylic acids is 1. The molecule has 0 spiro atoms. The second-order valence-electron chi connectivity index (χ2n) is 4.31. The van der Waals surface area contributed by atoms with E-state index in [-0.39, 0.29) is 18.1 Å². The van der Waals surface area contributed by atoms with Gasteiger partial charge in [0.25, 0.3) is 0 Å². The first kappa shape index (κ1) is 15.4. The van der Waals surface area contributed by atoms with E-state index >= 15 is 0 Å². The van der Waals surface area contributed by atoms with Crippen LogP contribution in [0.25, 0.3) is 0 Å². The van der Waals surface area contributed by atoms with E-state index in [1.807, 2.05) is 0 Å². The van der Waals surface area contributed by atoms with Crippen LogP contribution in [0.2, 0.25) is 0 Å². The zero-order valence-electron chi connectivity index (χ0n) is 11.8. The van der Waals surface area contributed by atoms with Gasteiger partial charge in [-0.1, -0.05) is 0 Å². The molecule has 0 radical (unpaired) electrons. The number of hydrogen-bond donors (Lipinski definition) is 1. The van der Waals surface area contributed by atoms with Crippen LogP contribution in [0.5, 0.6) is 17.2 Å². The number of ether oxygens (including phenoxy) is 5. The molecule has 1 aromatic carbocycles. The summed E-state index contributed by atoms with van der Waals surface area (Å²) in [5.41, 5.74) is 0.0551. The molecule has 0 saturated carbocycles. The van der Waals surface area contributed by atoms with Crippen molar-refractivity contribution >= 4 is 5.97 Å². The molecule has 1 aromatic rings. The Kier molecular flexibility index (Phi) is 5.65. The van der Waals surface area contributed by atoms with Gasteiger partial charge < -0.3 is 28.8 Å². The van der Waals surface area contributed by atoms with Crippen molar-refractivity contribution in [3.8, 4) is 17.2 Å². The highest BCUT2D eigenvalue weighted by Crippen LogP contribution is 2.38. The average molecular weight is 298 g/mol. The lowest BCUT2D eigenvalue weighted by Gasteiger charge is -2.10. The van der Waals surface area contributed by atoms with Gasteiger partial charge in [-0.3, -0.25) is 0 Å². The minimum Gasteiger partial charge on any atom is -0.492 e. The largest absolute Gasteiger partial charge is 0.492 e. The van der Waals surface area contributed by atoms with Crippen LogP contribution in [0.15, 0.2) is 12.1 Å². The summed E-state index contributed by atoms with van der Waals surface area (Å²) in [7, 11) is 1.61. The molecule has 0 bridgehead atoms. The Morgan fingerprint density at radius 1 is 1.19 bits per heavy atom. The number of carbonyl (C=O) groups is 1. The van der Waals surface area contributed by atoms with Crippen molar-refractivity contribution in [2.24, 2.45) is 0 Å². The Morgan fingerprint density at radius 2 is 1.95 bits per heavy atom.